The molecular formula is C13H11N4O2+. The number of hydrogen-bond donors (Lipinski definition) is 0. The first kappa shape index (κ1) is 11.3. The Morgan fingerprint density at radius 1 is 1.37 bits per heavy atom. The summed E-state index contributed by atoms with van der Waals surface area (Å²) in [6, 6.07) is 6.93. The molecule has 0 saturated heterocycles. The number of benzene rings is 1. The molecule has 0 aliphatic rings. The van der Waals surface area contributed by atoms with Crippen LogP contribution in [0.15, 0.2) is 49.2 Å². The minimum atomic E-state index is -0.385. The molecule has 0 bridgehead atoms. The van der Waals surface area contributed by atoms with Gasteiger partial charge in [-0.2, -0.15) is 4.57 Å². The zero-order valence-corrected chi connectivity index (χ0v) is 10.2. The van der Waals surface area contributed by atoms with Gasteiger partial charge in [-0.05, 0) is 12.1 Å². The third-order valence-corrected chi connectivity index (χ3v) is 2.95. The molecule has 0 unspecified atom stereocenters. The highest BCUT2D eigenvalue weighted by molar-refractivity contribution is 5.90. The molecule has 94 valence electrons. The second-order valence-electron chi connectivity index (χ2n) is 4.25. The minimum Gasteiger partial charge on any atom is -0.258 e. The van der Waals surface area contributed by atoms with Crippen molar-refractivity contribution in [1.82, 2.24) is 9.55 Å². The Morgan fingerprint density at radius 3 is 2.89 bits per heavy atom. The van der Waals surface area contributed by atoms with Crippen LogP contribution in [0.3, 0.4) is 0 Å². The van der Waals surface area contributed by atoms with E-state index in [9.17, 15) is 10.1 Å². The van der Waals surface area contributed by atoms with E-state index >= 15 is 0 Å². The number of aromatic nitrogens is 3. The number of rotatable bonds is 2. The van der Waals surface area contributed by atoms with Crippen molar-refractivity contribution in [3.63, 3.8) is 0 Å². The maximum atomic E-state index is 11.2. The van der Waals surface area contributed by atoms with Crippen LogP contribution in [-0.4, -0.2) is 14.5 Å². The van der Waals surface area contributed by atoms with Crippen molar-refractivity contribution in [2.24, 2.45) is 7.05 Å². The lowest BCUT2D eigenvalue weighted by atomic mass is 10.1. The van der Waals surface area contributed by atoms with Crippen LogP contribution in [0.4, 0.5) is 5.69 Å². The molecule has 0 radical (unpaired) electrons. The summed E-state index contributed by atoms with van der Waals surface area (Å²) in [5.74, 6) is 0. The SMILES string of the molecule is C[n+]1ccn(-c2c([N+](=O)[O-])ccc3cccnc23)c1. The highest BCUT2D eigenvalue weighted by Gasteiger charge is 2.23. The average molecular weight is 255 g/mol. The van der Waals surface area contributed by atoms with E-state index in [2.05, 4.69) is 4.98 Å². The predicted octanol–water partition coefficient (Wildman–Crippen LogP) is 1.76. The predicted molar refractivity (Wildman–Crippen MR) is 68.9 cm³/mol. The standard InChI is InChI=1S/C13H11N4O2/c1-15-7-8-16(9-15)13-11(17(18)19)5-4-10-3-2-6-14-12(10)13/h2-9H,1H3/q+1. The van der Waals surface area contributed by atoms with Crippen molar-refractivity contribution in [2.75, 3.05) is 0 Å². The highest BCUT2D eigenvalue weighted by Crippen LogP contribution is 2.29. The number of hydrogen-bond acceptors (Lipinski definition) is 3. The molecule has 1 aromatic carbocycles. The summed E-state index contributed by atoms with van der Waals surface area (Å²) < 4.78 is 3.54. The van der Waals surface area contributed by atoms with Gasteiger partial charge in [-0.3, -0.25) is 15.1 Å². The molecule has 2 aromatic heterocycles. The number of pyridine rings is 1. The molecule has 0 amide bonds. The number of fused-ring (bicyclic) bond motifs is 1. The van der Waals surface area contributed by atoms with Crippen molar-refractivity contribution in [1.29, 1.82) is 0 Å². The Bertz CT molecular complexity index is 779. The van der Waals surface area contributed by atoms with E-state index in [0.717, 1.165) is 5.39 Å². The molecule has 0 atom stereocenters. The van der Waals surface area contributed by atoms with Crippen molar-refractivity contribution < 1.29 is 9.49 Å². The molecule has 0 spiro atoms. The Labute approximate surface area is 108 Å². The van der Waals surface area contributed by atoms with Gasteiger partial charge in [0, 0.05) is 17.6 Å². The van der Waals surface area contributed by atoms with E-state index in [4.69, 9.17) is 0 Å². The molecule has 6 heteroatoms. The molecule has 3 aromatic rings. The average Bonchev–Trinajstić information content (AvgIpc) is 2.83. The van der Waals surface area contributed by atoms with Crippen LogP contribution in [0, 0.1) is 10.1 Å². The van der Waals surface area contributed by atoms with Crippen molar-refractivity contribution in [3.8, 4) is 5.69 Å². The van der Waals surface area contributed by atoms with Gasteiger partial charge in [0.1, 0.15) is 17.9 Å². The summed E-state index contributed by atoms with van der Waals surface area (Å²) in [7, 11) is 1.86. The van der Waals surface area contributed by atoms with Crippen LogP contribution in [0.25, 0.3) is 16.6 Å². The first-order valence-corrected chi connectivity index (χ1v) is 5.72. The molecule has 19 heavy (non-hydrogen) atoms. The third kappa shape index (κ3) is 1.83. The highest BCUT2D eigenvalue weighted by atomic mass is 16.6. The van der Waals surface area contributed by atoms with Crippen LogP contribution in [-0.2, 0) is 7.05 Å². The van der Waals surface area contributed by atoms with Crippen LogP contribution in [0.1, 0.15) is 0 Å². The van der Waals surface area contributed by atoms with Crippen LogP contribution in [0.5, 0.6) is 0 Å². The fourth-order valence-corrected chi connectivity index (χ4v) is 2.10. The molecule has 0 fully saturated rings. The van der Waals surface area contributed by atoms with Gasteiger partial charge in [0.2, 0.25) is 12.0 Å². The van der Waals surface area contributed by atoms with Gasteiger partial charge in [0.25, 0.3) is 0 Å². The van der Waals surface area contributed by atoms with Gasteiger partial charge in [-0.25, -0.2) is 4.57 Å². The van der Waals surface area contributed by atoms with Gasteiger partial charge < -0.3 is 0 Å². The summed E-state index contributed by atoms with van der Waals surface area (Å²) in [5, 5.41) is 12.1. The first-order valence-electron chi connectivity index (χ1n) is 5.72. The number of nitrogens with zero attached hydrogens (tertiary/aromatic N) is 4. The molecular weight excluding hydrogens is 244 g/mol. The summed E-state index contributed by atoms with van der Waals surface area (Å²) in [5.41, 5.74) is 1.15. The number of aryl methyl sites for hydroxylation is 1. The van der Waals surface area contributed by atoms with Crippen LogP contribution >= 0.6 is 0 Å². The van der Waals surface area contributed by atoms with E-state index in [1.54, 1.807) is 29.4 Å². The quantitative estimate of drug-likeness (QED) is 0.398. The Kier molecular flexibility index (Phi) is 2.49. The lowest BCUT2D eigenvalue weighted by molar-refractivity contribution is -0.670. The maximum Gasteiger partial charge on any atom is 0.318 e. The van der Waals surface area contributed by atoms with Crippen LogP contribution < -0.4 is 4.57 Å². The summed E-state index contributed by atoms with van der Waals surface area (Å²) in [6.07, 6.45) is 7.01. The molecule has 2 heterocycles. The monoisotopic (exact) mass is 255 g/mol. The van der Waals surface area contributed by atoms with E-state index in [1.807, 2.05) is 29.9 Å². The third-order valence-electron chi connectivity index (χ3n) is 2.95. The van der Waals surface area contributed by atoms with Crippen LogP contribution in [0.2, 0.25) is 0 Å². The summed E-state index contributed by atoms with van der Waals surface area (Å²) in [6.45, 7) is 0. The topological polar surface area (TPSA) is 64.8 Å². The second kappa shape index (κ2) is 4.16. The summed E-state index contributed by atoms with van der Waals surface area (Å²) >= 11 is 0. The fraction of sp³-hybridized carbons (Fsp3) is 0.0769. The van der Waals surface area contributed by atoms with Gasteiger partial charge in [-0.1, -0.05) is 6.07 Å². The number of nitro benzene ring substituents is 1. The maximum absolute atomic E-state index is 11.2. The normalized spacial score (nSPS) is 10.8. The molecule has 6 nitrogen and oxygen atoms in total. The zero-order chi connectivity index (χ0) is 13.4. The molecule has 0 N–H and O–H groups in total. The summed E-state index contributed by atoms with van der Waals surface area (Å²) in [4.78, 5) is 15.1. The van der Waals surface area contributed by atoms with Gasteiger partial charge in [-0.15, -0.1) is 0 Å². The molecule has 3 rings (SSSR count). The molecule has 0 saturated carbocycles. The van der Waals surface area contributed by atoms with Crippen molar-refractivity contribution >= 4 is 16.6 Å². The lowest BCUT2D eigenvalue weighted by Gasteiger charge is -2.02. The van der Waals surface area contributed by atoms with E-state index < -0.39 is 0 Å². The van der Waals surface area contributed by atoms with E-state index in [0.29, 0.717) is 11.2 Å². The van der Waals surface area contributed by atoms with Crippen molar-refractivity contribution in [3.05, 3.63) is 59.3 Å². The fourth-order valence-electron chi connectivity index (χ4n) is 2.10. The molecule has 0 aliphatic heterocycles. The van der Waals surface area contributed by atoms with E-state index in [1.165, 1.54) is 6.07 Å². The minimum absolute atomic E-state index is 0.0439. The zero-order valence-electron chi connectivity index (χ0n) is 10.2. The lowest BCUT2D eigenvalue weighted by Crippen LogP contribution is -2.23. The van der Waals surface area contributed by atoms with Crippen molar-refractivity contribution in [2.45, 2.75) is 0 Å². The van der Waals surface area contributed by atoms with E-state index in [-0.39, 0.29) is 10.6 Å². The Morgan fingerprint density at radius 2 is 2.21 bits per heavy atom. The number of nitro groups is 1. The largest absolute Gasteiger partial charge is 0.318 e. The van der Waals surface area contributed by atoms with Gasteiger partial charge in [0.15, 0.2) is 0 Å². The smallest absolute Gasteiger partial charge is 0.258 e. The Hall–Kier alpha value is -2.76. The second-order valence-corrected chi connectivity index (χ2v) is 4.25. The first-order chi connectivity index (χ1) is 9.16. The van der Waals surface area contributed by atoms with Gasteiger partial charge >= 0.3 is 5.69 Å². The Balaban J connectivity index is 2.41. The number of imidazole rings is 1. The molecule has 0 aliphatic carbocycles. The van der Waals surface area contributed by atoms with Gasteiger partial charge in [0.05, 0.1) is 12.0 Å².